The van der Waals surface area contributed by atoms with Gasteiger partial charge < -0.3 is 10.5 Å². The molecule has 0 spiro atoms. The largest absolute Gasteiger partial charge is 0.411 e. The predicted octanol–water partition coefficient (Wildman–Crippen LogP) is 1.85. The summed E-state index contributed by atoms with van der Waals surface area (Å²) in [5.41, 5.74) is 3.38. The van der Waals surface area contributed by atoms with Gasteiger partial charge >= 0.3 is 0 Å². The van der Waals surface area contributed by atoms with Gasteiger partial charge in [-0.2, -0.15) is 0 Å². The van der Waals surface area contributed by atoms with Crippen LogP contribution < -0.4 is 5.32 Å². The van der Waals surface area contributed by atoms with E-state index in [-0.39, 0.29) is 0 Å². The second kappa shape index (κ2) is 3.47. The van der Waals surface area contributed by atoms with Crippen molar-refractivity contribution in [2.45, 2.75) is 12.8 Å². The predicted molar refractivity (Wildman–Crippen MR) is 52.6 cm³/mol. The SMILES string of the molecule is O/N=C/c1cccc2c1NCCC2. The molecular formula is C10H12N2O. The van der Waals surface area contributed by atoms with Gasteiger partial charge in [0.25, 0.3) is 0 Å². The zero-order chi connectivity index (χ0) is 9.10. The van der Waals surface area contributed by atoms with E-state index in [0.717, 1.165) is 24.2 Å². The highest BCUT2D eigenvalue weighted by atomic mass is 16.4. The van der Waals surface area contributed by atoms with Gasteiger partial charge in [-0.05, 0) is 18.4 Å². The fourth-order valence-corrected chi connectivity index (χ4v) is 1.71. The molecule has 0 atom stereocenters. The molecule has 68 valence electrons. The zero-order valence-electron chi connectivity index (χ0n) is 7.33. The lowest BCUT2D eigenvalue weighted by molar-refractivity contribution is 0.322. The Labute approximate surface area is 77.1 Å². The Kier molecular flexibility index (Phi) is 2.17. The summed E-state index contributed by atoms with van der Waals surface area (Å²) in [6.07, 6.45) is 3.75. The van der Waals surface area contributed by atoms with Gasteiger partial charge in [-0.1, -0.05) is 23.4 Å². The molecule has 1 aromatic carbocycles. The highest BCUT2D eigenvalue weighted by molar-refractivity contribution is 5.88. The molecule has 1 heterocycles. The van der Waals surface area contributed by atoms with Crippen LogP contribution in [0, 0.1) is 0 Å². The molecule has 0 saturated carbocycles. The quantitative estimate of drug-likeness (QED) is 0.389. The van der Waals surface area contributed by atoms with Gasteiger partial charge in [-0.25, -0.2) is 0 Å². The third kappa shape index (κ3) is 1.49. The minimum atomic E-state index is 0.958. The molecule has 13 heavy (non-hydrogen) atoms. The van der Waals surface area contributed by atoms with Gasteiger partial charge in [-0.15, -0.1) is 0 Å². The molecule has 2 rings (SSSR count). The van der Waals surface area contributed by atoms with Crippen molar-refractivity contribution in [2.24, 2.45) is 5.16 Å². The van der Waals surface area contributed by atoms with E-state index in [0.29, 0.717) is 0 Å². The van der Waals surface area contributed by atoms with Gasteiger partial charge in [0.15, 0.2) is 0 Å². The summed E-state index contributed by atoms with van der Waals surface area (Å²) in [6.45, 7) is 1.00. The van der Waals surface area contributed by atoms with Crippen molar-refractivity contribution in [2.75, 3.05) is 11.9 Å². The second-order valence-corrected chi connectivity index (χ2v) is 3.16. The van der Waals surface area contributed by atoms with Crippen molar-refractivity contribution >= 4 is 11.9 Å². The first kappa shape index (κ1) is 8.10. The van der Waals surface area contributed by atoms with Crippen LogP contribution in [0.4, 0.5) is 5.69 Å². The van der Waals surface area contributed by atoms with Gasteiger partial charge in [0.2, 0.25) is 0 Å². The lowest BCUT2D eigenvalue weighted by atomic mass is 10.00. The fraction of sp³-hybridized carbons (Fsp3) is 0.300. The molecule has 0 aromatic heterocycles. The average molecular weight is 176 g/mol. The Bertz CT molecular complexity index is 334. The van der Waals surface area contributed by atoms with E-state index in [1.165, 1.54) is 18.2 Å². The molecule has 0 fully saturated rings. The smallest absolute Gasteiger partial charge is 0.0754 e. The van der Waals surface area contributed by atoms with Crippen LogP contribution in [0.25, 0.3) is 0 Å². The van der Waals surface area contributed by atoms with Crippen molar-refractivity contribution < 1.29 is 5.21 Å². The molecule has 0 saturated heterocycles. The Hall–Kier alpha value is -1.51. The van der Waals surface area contributed by atoms with Gasteiger partial charge in [0.05, 0.1) is 6.21 Å². The highest BCUT2D eigenvalue weighted by Gasteiger charge is 2.10. The number of oxime groups is 1. The van der Waals surface area contributed by atoms with Crippen molar-refractivity contribution in [3.8, 4) is 0 Å². The van der Waals surface area contributed by atoms with Crippen molar-refractivity contribution in [1.82, 2.24) is 0 Å². The summed E-state index contributed by atoms with van der Waals surface area (Å²) in [5, 5.41) is 14.8. The number of rotatable bonds is 1. The van der Waals surface area contributed by atoms with E-state index in [1.807, 2.05) is 12.1 Å². The molecule has 1 aliphatic heterocycles. The normalized spacial score (nSPS) is 15.4. The third-order valence-electron chi connectivity index (χ3n) is 2.30. The summed E-state index contributed by atoms with van der Waals surface area (Å²) in [4.78, 5) is 0. The van der Waals surface area contributed by atoms with Crippen LogP contribution >= 0.6 is 0 Å². The lowest BCUT2D eigenvalue weighted by Crippen LogP contribution is -2.13. The van der Waals surface area contributed by atoms with Crippen molar-refractivity contribution in [3.63, 3.8) is 0 Å². The average Bonchev–Trinajstić information content (AvgIpc) is 2.19. The number of aryl methyl sites for hydroxylation is 1. The number of hydrogen-bond donors (Lipinski definition) is 2. The fourth-order valence-electron chi connectivity index (χ4n) is 1.71. The lowest BCUT2D eigenvalue weighted by Gasteiger charge is -2.19. The minimum Gasteiger partial charge on any atom is -0.411 e. The molecule has 3 heteroatoms. The van der Waals surface area contributed by atoms with Crippen LogP contribution in [0.1, 0.15) is 17.5 Å². The third-order valence-corrected chi connectivity index (χ3v) is 2.30. The standard InChI is InChI=1S/C10H12N2O/c13-12-7-9-4-1-3-8-5-2-6-11-10(8)9/h1,3-4,7,11,13H,2,5-6H2/b12-7+. The van der Waals surface area contributed by atoms with E-state index < -0.39 is 0 Å². The van der Waals surface area contributed by atoms with Gasteiger partial charge in [0, 0.05) is 17.8 Å². The van der Waals surface area contributed by atoms with Crippen LogP contribution in [0.15, 0.2) is 23.4 Å². The first-order chi connectivity index (χ1) is 6.42. The van der Waals surface area contributed by atoms with Crippen molar-refractivity contribution in [1.29, 1.82) is 0 Å². The van der Waals surface area contributed by atoms with Crippen LogP contribution in [0.5, 0.6) is 0 Å². The maximum Gasteiger partial charge on any atom is 0.0754 e. The van der Waals surface area contributed by atoms with Crippen LogP contribution in [0.2, 0.25) is 0 Å². The first-order valence-electron chi connectivity index (χ1n) is 4.45. The zero-order valence-corrected chi connectivity index (χ0v) is 7.33. The van der Waals surface area contributed by atoms with E-state index in [9.17, 15) is 0 Å². The second-order valence-electron chi connectivity index (χ2n) is 3.16. The maximum atomic E-state index is 8.46. The number of benzene rings is 1. The molecule has 0 unspecified atom stereocenters. The van der Waals surface area contributed by atoms with Crippen LogP contribution in [-0.4, -0.2) is 18.0 Å². The van der Waals surface area contributed by atoms with Crippen LogP contribution in [0.3, 0.4) is 0 Å². The number of para-hydroxylation sites is 1. The summed E-state index contributed by atoms with van der Waals surface area (Å²) in [6, 6.07) is 6.04. The summed E-state index contributed by atoms with van der Waals surface area (Å²) < 4.78 is 0. The Morgan fingerprint density at radius 3 is 3.23 bits per heavy atom. The Morgan fingerprint density at radius 2 is 2.38 bits per heavy atom. The number of fused-ring (bicyclic) bond motifs is 1. The number of nitrogens with zero attached hydrogens (tertiary/aromatic N) is 1. The molecule has 0 amide bonds. The van der Waals surface area contributed by atoms with Crippen molar-refractivity contribution in [3.05, 3.63) is 29.3 Å². The molecule has 3 nitrogen and oxygen atoms in total. The molecule has 1 aromatic rings. The summed E-state index contributed by atoms with van der Waals surface area (Å²) in [7, 11) is 0. The molecule has 0 radical (unpaired) electrons. The Morgan fingerprint density at radius 1 is 1.46 bits per heavy atom. The topological polar surface area (TPSA) is 44.6 Å². The van der Waals surface area contributed by atoms with Crippen LogP contribution in [-0.2, 0) is 6.42 Å². The van der Waals surface area contributed by atoms with E-state index in [2.05, 4.69) is 16.5 Å². The maximum absolute atomic E-state index is 8.46. The summed E-state index contributed by atoms with van der Waals surface area (Å²) in [5.74, 6) is 0. The van der Waals surface area contributed by atoms with E-state index >= 15 is 0 Å². The van der Waals surface area contributed by atoms with E-state index in [4.69, 9.17) is 5.21 Å². The highest BCUT2D eigenvalue weighted by Crippen LogP contribution is 2.24. The molecular weight excluding hydrogens is 164 g/mol. The van der Waals surface area contributed by atoms with Gasteiger partial charge in [0.1, 0.15) is 0 Å². The molecule has 2 N–H and O–H groups in total. The van der Waals surface area contributed by atoms with E-state index in [1.54, 1.807) is 0 Å². The molecule has 1 aliphatic rings. The molecule has 0 bridgehead atoms. The number of nitrogens with one attached hydrogen (secondary N) is 1. The summed E-state index contributed by atoms with van der Waals surface area (Å²) >= 11 is 0. The molecule has 0 aliphatic carbocycles. The first-order valence-corrected chi connectivity index (χ1v) is 4.45. The Balaban J connectivity index is 2.45. The number of anilines is 1. The number of hydrogen-bond acceptors (Lipinski definition) is 3. The van der Waals surface area contributed by atoms with Gasteiger partial charge in [-0.3, -0.25) is 0 Å². The minimum absolute atomic E-state index is 0.958. The monoisotopic (exact) mass is 176 g/mol.